The molecule has 6 nitrogen and oxygen atoms in total. The number of anilines is 1. The molecule has 0 fully saturated rings. The zero-order chi connectivity index (χ0) is 18.5. The number of nitrogens with two attached hydrogens (primary N) is 1. The fourth-order valence-corrected chi connectivity index (χ4v) is 5.37. The van der Waals surface area contributed by atoms with Crippen LogP contribution < -0.4 is 5.73 Å². The van der Waals surface area contributed by atoms with E-state index in [4.69, 9.17) is 28.4 Å². The van der Waals surface area contributed by atoms with Crippen molar-refractivity contribution in [1.82, 2.24) is 15.1 Å². The van der Waals surface area contributed by atoms with Gasteiger partial charge in [-0.05, 0) is 48.8 Å². The average Bonchev–Trinajstić information content (AvgIpc) is 3.19. The predicted molar refractivity (Wildman–Crippen MR) is 105 cm³/mol. The summed E-state index contributed by atoms with van der Waals surface area (Å²) in [4.78, 5) is 13.6. The third kappa shape index (κ3) is 2.71. The lowest BCUT2D eigenvalue weighted by Crippen LogP contribution is -2.28. The van der Waals surface area contributed by atoms with Crippen LogP contribution in [-0.2, 0) is 11.8 Å². The first-order valence-corrected chi connectivity index (χ1v) is 9.88. The maximum absolute atomic E-state index is 7.52. The van der Waals surface area contributed by atoms with Gasteiger partial charge in [0.15, 0.2) is 0 Å². The monoisotopic (exact) mass is 449 g/mol. The highest BCUT2D eigenvalue weighted by Crippen LogP contribution is 2.52. The third-order valence-electron chi connectivity index (χ3n) is 4.61. The molecule has 3 aromatic heterocycles. The minimum absolute atomic E-state index is 0.341. The van der Waals surface area contributed by atoms with Crippen LogP contribution >= 0.6 is 38.9 Å². The van der Waals surface area contributed by atoms with Crippen LogP contribution in [0, 0.1) is 6.57 Å². The molecular weight excluding hydrogens is 438 g/mol. The van der Waals surface area contributed by atoms with Crippen LogP contribution in [0.15, 0.2) is 21.1 Å². The number of aryl methyl sites for hydroxylation is 1. The molecule has 0 spiro atoms. The first-order valence-electron chi connectivity index (χ1n) is 7.89. The van der Waals surface area contributed by atoms with Crippen molar-refractivity contribution in [3.05, 3.63) is 49.5 Å². The van der Waals surface area contributed by atoms with Gasteiger partial charge in [0.1, 0.15) is 10.8 Å². The summed E-state index contributed by atoms with van der Waals surface area (Å²) >= 11 is 10.9. The molecule has 0 aliphatic heterocycles. The molecule has 2 N–H and O–H groups in total. The highest BCUT2D eigenvalue weighted by molar-refractivity contribution is 9.10. The summed E-state index contributed by atoms with van der Waals surface area (Å²) in [5, 5.41) is 4.99. The number of nitrogen functional groups attached to an aromatic ring is 1. The third-order valence-corrected chi connectivity index (χ3v) is 6.33. The van der Waals surface area contributed by atoms with Gasteiger partial charge in [0.2, 0.25) is 17.4 Å². The minimum Gasteiger partial charge on any atom is -0.399 e. The quantitative estimate of drug-likeness (QED) is 0.418. The van der Waals surface area contributed by atoms with Gasteiger partial charge < -0.3 is 10.3 Å². The van der Waals surface area contributed by atoms with Crippen LogP contribution in [0.5, 0.6) is 0 Å². The molecule has 9 heteroatoms. The van der Waals surface area contributed by atoms with E-state index in [9.17, 15) is 0 Å². The molecule has 0 bridgehead atoms. The fraction of sp³-hybridized carbons (Fsp3) is 0.294. The van der Waals surface area contributed by atoms with E-state index < -0.39 is 5.41 Å². The first kappa shape index (κ1) is 17.5. The summed E-state index contributed by atoms with van der Waals surface area (Å²) in [7, 11) is 0. The average molecular weight is 451 g/mol. The number of halogens is 2. The molecule has 26 heavy (non-hydrogen) atoms. The van der Waals surface area contributed by atoms with Crippen LogP contribution in [0.2, 0.25) is 5.15 Å². The topological polar surface area (TPSA) is 82.2 Å². The maximum atomic E-state index is 7.52. The van der Waals surface area contributed by atoms with Crippen LogP contribution in [0.1, 0.15) is 36.1 Å². The molecule has 0 aromatic carbocycles. The van der Waals surface area contributed by atoms with Crippen molar-refractivity contribution in [2.75, 3.05) is 5.73 Å². The van der Waals surface area contributed by atoms with Gasteiger partial charge in [-0.1, -0.05) is 32.7 Å². The van der Waals surface area contributed by atoms with E-state index in [1.165, 1.54) is 11.3 Å². The zero-order valence-corrected chi connectivity index (χ0v) is 16.9. The van der Waals surface area contributed by atoms with E-state index in [0.29, 0.717) is 33.3 Å². The standard InChI is InChI=1S/C17H13BrClN5OS/c1-17(5-3-4-10-12(17)13(21-2)14(20)26-10)16-23-15(24-25-16)9-6-8(18)7-11(19)22-9/h6-7H,3-5,20H2,1H3. The molecule has 1 aliphatic rings. The lowest BCUT2D eigenvalue weighted by Gasteiger charge is -2.31. The zero-order valence-electron chi connectivity index (χ0n) is 13.7. The SMILES string of the molecule is [C-]#[N+]c1c(N)sc2c1C(C)(c1nc(-c3cc(Br)cc(Cl)n3)no1)CCC2. The number of thiophene rings is 1. The summed E-state index contributed by atoms with van der Waals surface area (Å²) in [6.07, 6.45) is 2.70. The second-order valence-electron chi connectivity index (χ2n) is 6.33. The summed E-state index contributed by atoms with van der Waals surface area (Å²) < 4.78 is 6.39. The minimum atomic E-state index is -0.539. The predicted octanol–water partition coefficient (Wildman–Crippen LogP) is 5.38. The van der Waals surface area contributed by atoms with E-state index in [1.807, 2.05) is 6.92 Å². The smallest absolute Gasteiger partial charge is 0.236 e. The van der Waals surface area contributed by atoms with Gasteiger partial charge in [-0.3, -0.25) is 0 Å². The Labute approximate surface area is 167 Å². The first-order chi connectivity index (χ1) is 12.4. The second kappa shape index (κ2) is 6.34. The molecule has 0 radical (unpaired) electrons. The molecule has 0 saturated carbocycles. The van der Waals surface area contributed by atoms with Crippen molar-refractivity contribution < 1.29 is 4.52 Å². The van der Waals surface area contributed by atoms with Crippen molar-refractivity contribution in [1.29, 1.82) is 0 Å². The summed E-state index contributed by atoms with van der Waals surface area (Å²) in [5.74, 6) is 0.832. The van der Waals surface area contributed by atoms with Crippen LogP contribution in [0.25, 0.3) is 16.4 Å². The Morgan fingerprint density at radius 3 is 2.96 bits per heavy atom. The van der Waals surface area contributed by atoms with Crippen molar-refractivity contribution in [2.45, 2.75) is 31.6 Å². The summed E-state index contributed by atoms with van der Waals surface area (Å²) in [6, 6.07) is 3.47. The van der Waals surface area contributed by atoms with Gasteiger partial charge in [-0.25, -0.2) is 9.83 Å². The number of hydrogen-bond acceptors (Lipinski definition) is 6. The van der Waals surface area contributed by atoms with Gasteiger partial charge in [-0.2, -0.15) is 4.98 Å². The Hall–Kier alpha value is -1.95. The van der Waals surface area contributed by atoms with Gasteiger partial charge in [-0.15, -0.1) is 11.3 Å². The molecule has 0 amide bonds. The number of fused-ring (bicyclic) bond motifs is 1. The summed E-state index contributed by atoms with van der Waals surface area (Å²) in [5.41, 5.74) is 7.49. The van der Waals surface area contributed by atoms with Gasteiger partial charge in [0, 0.05) is 4.47 Å². The van der Waals surface area contributed by atoms with E-state index in [1.54, 1.807) is 12.1 Å². The molecular formula is C17H13BrClN5OS. The summed E-state index contributed by atoms with van der Waals surface area (Å²) in [6.45, 7) is 9.55. The van der Waals surface area contributed by atoms with E-state index in [-0.39, 0.29) is 0 Å². The van der Waals surface area contributed by atoms with Crippen molar-refractivity contribution in [2.24, 2.45) is 0 Å². The van der Waals surface area contributed by atoms with Crippen LogP contribution in [-0.4, -0.2) is 15.1 Å². The highest BCUT2D eigenvalue weighted by Gasteiger charge is 2.42. The molecule has 1 aliphatic carbocycles. The van der Waals surface area contributed by atoms with Crippen LogP contribution in [0.4, 0.5) is 10.7 Å². The molecule has 3 aromatic rings. The van der Waals surface area contributed by atoms with Crippen molar-refractivity contribution in [3.8, 4) is 11.5 Å². The van der Waals surface area contributed by atoms with E-state index >= 15 is 0 Å². The van der Waals surface area contributed by atoms with Gasteiger partial charge >= 0.3 is 0 Å². The molecule has 132 valence electrons. The maximum Gasteiger partial charge on any atom is 0.236 e. The normalized spacial score (nSPS) is 19.2. The van der Waals surface area contributed by atoms with E-state index in [2.05, 4.69) is 35.9 Å². The van der Waals surface area contributed by atoms with E-state index in [0.717, 1.165) is 34.2 Å². The number of rotatable bonds is 2. The van der Waals surface area contributed by atoms with Gasteiger partial charge in [0.25, 0.3) is 0 Å². The highest BCUT2D eigenvalue weighted by atomic mass is 79.9. The van der Waals surface area contributed by atoms with Crippen molar-refractivity contribution in [3.63, 3.8) is 0 Å². The van der Waals surface area contributed by atoms with Crippen LogP contribution in [0.3, 0.4) is 0 Å². The number of pyridine rings is 1. The second-order valence-corrected chi connectivity index (χ2v) is 8.77. The number of hydrogen-bond donors (Lipinski definition) is 1. The Kier molecular flexibility index (Phi) is 4.26. The lowest BCUT2D eigenvalue weighted by atomic mass is 9.73. The molecule has 1 unspecified atom stereocenters. The number of nitrogens with zero attached hydrogens (tertiary/aromatic N) is 4. The van der Waals surface area contributed by atoms with Gasteiger partial charge in [0.05, 0.1) is 17.0 Å². The molecule has 3 heterocycles. The fourth-order valence-electron chi connectivity index (χ4n) is 3.42. The number of aromatic nitrogens is 3. The Bertz CT molecular complexity index is 1040. The molecule has 4 rings (SSSR count). The lowest BCUT2D eigenvalue weighted by molar-refractivity contribution is 0.301. The molecule has 1 atom stereocenters. The Morgan fingerprint density at radius 2 is 2.23 bits per heavy atom. The van der Waals surface area contributed by atoms with Crippen molar-refractivity contribution >= 4 is 49.6 Å². The molecule has 0 saturated heterocycles. The Morgan fingerprint density at radius 1 is 1.42 bits per heavy atom. The Balaban J connectivity index is 1.83. The largest absolute Gasteiger partial charge is 0.399 e.